The second-order valence-electron chi connectivity index (χ2n) is 6.79. The predicted molar refractivity (Wildman–Crippen MR) is 84.0 cm³/mol. The number of hydrogen-bond acceptors (Lipinski definition) is 4. The van der Waals surface area contributed by atoms with Gasteiger partial charge in [0.25, 0.3) is 0 Å². The number of nitrogens with one attached hydrogen (secondary N) is 1. The third kappa shape index (κ3) is 4.62. The summed E-state index contributed by atoms with van der Waals surface area (Å²) in [5.74, 6) is 0. The molecule has 0 aliphatic carbocycles. The quantitative estimate of drug-likeness (QED) is 0.837. The van der Waals surface area contributed by atoms with Crippen molar-refractivity contribution in [3.63, 3.8) is 0 Å². The van der Waals surface area contributed by atoms with Crippen LogP contribution in [0.1, 0.15) is 34.1 Å². The third-order valence-electron chi connectivity index (χ3n) is 4.12. The lowest BCUT2D eigenvalue weighted by Gasteiger charge is -2.40. The monoisotopic (exact) mass is 286 g/mol. The van der Waals surface area contributed by atoms with Gasteiger partial charge in [-0.1, -0.05) is 27.7 Å². The zero-order chi connectivity index (χ0) is 13.9. The van der Waals surface area contributed by atoms with Gasteiger partial charge in [-0.2, -0.15) is 11.8 Å². The van der Waals surface area contributed by atoms with Crippen molar-refractivity contribution in [1.82, 2.24) is 10.2 Å². The first-order chi connectivity index (χ1) is 8.99. The standard InChI is InChI=1S/C15H30N2OS/c1-12(2)16-9-15(5-6-18-11-15)10-17-7-13(3)19-14(4)8-17/h12-14,16H,5-11H2,1-4H3. The third-order valence-corrected chi connectivity index (χ3v) is 5.35. The van der Waals surface area contributed by atoms with E-state index in [1.807, 2.05) is 0 Å². The molecule has 0 bridgehead atoms. The molecule has 3 nitrogen and oxygen atoms in total. The van der Waals surface area contributed by atoms with Crippen molar-refractivity contribution in [2.24, 2.45) is 5.41 Å². The summed E-state index contributed by atoms with van der Waals surface area (Å²) in [5.41, 5.74) is 0.339. The van der Waals surface area contributed by atoms with Gasteiger partial charge in [-0.05, 0) is 6.42 Å². The number of ether oxygens (including phenoxy) is 1. The molecule has 4 heteroatoms. The molecule has 2 saturated heterocycles. The summed E-state index contributed by atoms with van der Waals surface area (Å²) in [4.78, 5) is 2.67. The van der Waals surface area contributed by atoms with Crippen LogP contribution in [-0.2, 0) is 4.74 Å². The molecular weight excluding hydrogens is 256 g/mol. The Morgan fingerprint density at radius 2 is 2.00 bits per heavy atom. The van der Waals surface area contributed by atoms with E-state index in [0.29, 0.717) is 11.5 Å². The summed E-state index contributed by atoms with van der Waals surface area (Å²) in [7, 11) is 0. The van der Waals surface area contributed by atoms with Crippen LogP contribution in [0.3, 0.4) is 0 Å². The van der Waals surface area contributed by atoms with Gasteiger partial charge in [0.1, 0.15) is 0 Å². The van der Waals surface area contributed by atoms with E-state index in [0.717, 1.165) is 30.3 Å². The largest absolute Gasteiger partial charge is 0.381 e. The lowest BCUT2D eigenvalue weighted by molar-refractivity contribution is 0.106. The van der Waals surface area contributed by atoms with Crippen LogP contribution in [0.2, 0.25) is 0 Å². The van der Waals surface area contributed by atoms with Crippen molar-refractivity contribution in [2.75, 3.05) is 39.4 Å². The van der Waals surface area contributed by atoms with Crippen LogP contribution in [-0.4, -0.2) is 60.8 Å². The molecule has 3 atom stereocenters. The SMILES string of the molecule is CC(C)NCC1(CN2CC(C)SC(C)C2)CCOC1. The maximum atomic E-state index is 5.72. The van der Waals surface area contributed by atoms with E-state index in [1.165, 1.54) is 26.1 Å². The molecule has 1 N–H and O–H groups in total. The Morgan fingerprint density at radius 1 is 1.32 bits per heavy atom. The van der Waals surface area contributed by atoms with Gasteiger partial charge < -0.3 is 15.0 Å². The molecule has 2 aliphatic heterocycles. The van der Waals surface area contributed by atoms with Crippen LogP contribution in [0.4, 0.5) is 0 Å². The van der Waals surface area contributed by atoms with Crippen molar-refractivity contribution in [3.05, 3.63) is 0 Å². The van der Waals surface area contributed by atoms with E-state index in [9.17, 15) is 0 Å². The molecular formula is C15H30N2OS. The average Bonchev–Trinajstić information content (AvgIpc) is 2.74. The second kappa shape index (κ2) is 6.79. The molecule has 112 valence electrons. The summed E-state index contributed by atoms with van der Waals surface area (Å²) in [6.45, 7) is 15.8. The molecule has 0 amide bonds. The molecule has 2 fully saturated rings. The minimum absolute atomic E-state index is 0.339. The molecule has 0 radical (unpaired) electrons. The van der Waals surface area contributed by atoms with Crippen molar-refractivity contribution in [2.45, 2.75) is 50.7 Å². The highest BCUT2D eigenvalue weighted by atomic mass is 32.2. The van der Waals surface area contributed by atoms with Crippen molar-refractivity contribution in [1.29, 1.82) is 0 Å². The highest BCUT2D eigenvalue weighted by molar-refractivity contribution is 8.00. The van der Waals surface area contributed by atoms with E-state index in [4.69, 9.17) is 4.74 Å². The van der Waals surface area contributed by atoms with Crippen molar-refractivity contribution >= 4 is 11.8 Å². The van der Waals surface area contributed by atoms with E-state index >= 15 is 0 Å². The maximum Gasteiger partial charge on any atom is 0.0547 e. The molecule has 0 aromatic heterocycles. The number of rotatable bonds is 5. The molecule has 0 saturated carbocycles. The fourth-order valence-electron chi connectivity index (χ4n) is 3.28. The van der Waals surface area contributed by atoms with E-state index in [2.05, 4.69) is 49.7 Å². The molecule has 2 aliphatic rings. The highest BCUT2D eigenvalue weighted by Gasteiger charge is 2.38. The predicted octanol–water partition coefficient (Wildman–Crippen LogP) is 2.22. The Hall–Kier alpha value is 0.230. The van der Waals surface area contributed by atoms with Gasteiger partial charge in [-0.15, -0.1) is 0 Å². The minimum Gasteiger partial charge on any atom is -0.381 e. The van der Waals surface area contributed by atoms with Crippen LogP contribution in [0.15, 0.2) is 0 Å². The molecule has 3 unspecified atom stereocenters. The van der Waals surface area contributed by atoms with Crippen LogP contribution in [0.5, 0.6) is 0 Å². The molecule has 19 heavy (non-hydrogen) atoms. The Balaban J connectivity index is 1.92. The highest BCUT2D eigenvalue weighted by Crippen LogP contribution is 2.32. The van der Waals surface area contributed by atoms with Crippen LogP contribution < -0.4 is 5.32 Å². The Morgan fingerprint density at radius 3 is 2.53 bits per heavy atom. The molecule has 0 aromatic carbocycles. The second-order valence-corrected chi connectivity index (χ2v) is 8.67. The van der Waals surface area contributed by atoms with Gasteiger partial charge >= 0.3 is 0 Å². The molecule has 0 spiro atoms. The van der Waals surface area contributed by atoms with Crippen LogP contribution in [0, 0.1) is 5.41 Å². The number of thioether (sulfide) groups is 1. The molecule has 2 heterocycles. The summed E-state index contributed by atoms with van der Waals surface area (Å²) in [5, 5.41) is 5.16. The number of hydrogen-bond donors (Lipinski definition) is 1. The van der Waals surface area contributed by atoms with Crippen LogP contribution >= 0.6 is 11.8 Å². The summed E-state index contributed by atoms with van der Waals surface area (Å²) < 4.78 is 5.72. The van der Waals surface area contributed by atoms with Gasteiger partial charge in [-0.3, -0.25) is 0 Å². The smallest absolute Gasteiger partial charge is 0.0547 e. The normalized spacial score (nSPS) is 37.1. The summed E-state index contributed by atoms with van der Waals surface area (Å²) in [6.07, 6.45) is 1.21. The van der Waals surface area contributed by atoms with Crippen molar-refractivity contribution < 1.29 is 4.74 Å². The molecule has 0 aromatic rings. The molecule has 2 rings (SSSR count). The fraction of sp³-hybridized carbons (Fsp3) is 1.00. The summed E-state index contributed by atoms with van der Waals surface area (Å²) >= 11 is 2.13. The summed E-state index contributed by atoms with van der Waals surface area (Å²) in [6, 6.07) is 0.562. The van der Waals surface area contributed by atoms with Crippen molar-refractivity contribution in [3.8, 4) is 0 Å². The van der Waals surface area contributed by atoms with Gasteiger partial charge in [0.2, 0.25) is 0 Å². The van der Waals surface area contributed by atoms with Gasteiger partial charge in [-0.25, -0.2) is 0 Å². The topological polar surface area (TPSA) is 24.5 Å². The zero-order valence-electron chi connectivity index (χ0n) is 12.9. The van der Waals surface area contributed by atoms with E-state index in [-0.39, 0.29) is 0 Å². The average molecular weight is 286 g/mol. The Kier molecular flexibility index (Phi) is 5.58. The fourth-order valence-corrected chi connectivity index (χ4v) is 4.66. The zero-order valence-corrected chi connectivity index (χ0v) is 13.8. The van der Waals surface area contributed by atoms with E-state index < -0.39 is 0 Å². The number of nitrogens with zero attached hydrogens (tertiary/aromatic N) is 1. The van der Waals surface area contributed by atoms with Crippen LogP contribution in [0.25, 0.3) is 0 Å². The first-order valence-electron chi connectivity index (χ1n) is 7.68. The minimum atomic E-state index is 0.339. The first-order valence-corrected chi connectivity index (χ1v) is 8.62. The lowest BCUT2D eigenvalue weighted by Crippen LogP contribution is -2.50. The first kappa shape index (κ1) is 15.6. The van der Waals surface area contributed by atoms with Gasteiger partial charge in [0, 0.05) is 54.7 Å². The van der Waals surface area contributed by atoms with Gasteiger partial charge in [0.15, 0.2) is 0 Å². The maximum absolute atomic E-state index is 5.72. The Labute approximate surface area is 122 Å². The van der Waals surface area contributed by atoms with Gasteiger partial charge in [0.05, 0.1) is 6.61 Å². The lowest BCUT2D eigenvalue weighted by atomic mass is 9.86. The Bertz CT molecular complexity index is 269. The van der Waals surface area contributed by atoms with E-state index in [1.54, 1.807) is 0 Å².